The molecular weight excluding hydrogens is 220 g/mol. The van der Waals surface area contributed by atoms with Crippen LogP contribution in [0.4, 0.5) is 11.4 Å². The van der Waals surface area contributed by atoms with Gasteiger partial charge < -0.3 is 10.2 Å². The third kappa shape index (κ3) is 2.80. The van der Waals surface area contributed by atoms with Crippen LogP contribution in [0, 0.1) is 5.92 Å². The molecule has 0 fully saturated rings. The molecule has 2 rings (SSSR count). The van der Waals surface area contributed by atoms with E-state index < -0.39 is 0 Å². The first kappa shape index (κ1) is 13.3. The molecule has 18 heavy (non-hydrogen) atoms. The number of nitrogens with zero attached hydrogens (tertiary/aromatic N) is 1. The Morgan fingerprint density at radius 1 is 1.28 bits per heavy atom. The minimum absolute atomic E-state index is 0.596. The van der Waals surface area contributed by atoms with Crippen LogP contribution in [0.25, 0.3) is 0 Å². The SMILES string of the molecule is CC(C)CC(C)N(C)c1cccc2c1CCCN2. The van der Waals surface area contributed by atoms with E-state index in [1.165, 1.54) is 36.2 Å². The fourth-order valence-electron chi connectivity index (χ4n) is 2.90. The molecule has 2 nitrogen and oxygen atoms in total. The van der Waals surface area contributed by atoms with Gasteiger partial charge in [0.1, 0.15) is 0 Å². The minimum Gasteiger partial charge on any atom is -0.385 e. The summed E-state index contributed by atoms with van der Waals surface area (Å²) >= 11 is 0. The highest BCUT2D eigenvalue weighted by Gasteiger charge is 2.18. The largest absolute Gasteiger partial charge is 0.385 e. The van der Waals surface area contributed by atoms with E-state index in [-0.39, 0.29) is 0 Å². The van der Waals surface area contributed by atoms with Crippen molar-refractivity contribution >= 4 is 11.4 Å². The van der Waals surface area contributed by atoms with Gasteiger partial charge in [0, 0.05) is 31.0 Å². The number of rotatable bonds is 4. The summed E-state index contributed by atoms with van der Waals surface area (Å²) in [4.78, 5) is 2.45. The van der Waals surface area contributed by atoms with E-state index >= 15 is 0 Å². The molecule has 1 N–H and O–H groups in total. The van der Waals surface area contributed by atoms with Crippen LogP contribution in [-0.4, -0.2) is 19.6 Å². The van der Waals surface area contributed by atoms with Crippen molar-refractivity contribution in [3.8, 4) is 0 Å². The Morgan fingerprint density at radius 2 is 2.06 bits per heavy atom. The number of anilines is 2. The number of fused-ring (bicyclic) bond motifs is 1. The van der Waals surface area contributed by atoms with Gasteiger partial charge in [0.25, 0.3) is 0 Å². The first-order valence-corrected chi connectivity index (χ1v) is 7.18. The van der Waals surface area contributed by atoms with Crippen molar-refractivity contribution in [1.29, 1.82) is 0 Å². The zero-order valence-electron chi connectivity index (χ0n) is 12.2. The van der Waals surface area contributed by atoms with Crippen molar-refractivity contribution in [2.75, 3.05) is 23.8 Å². The summed E-state index contributed by atoms with van der Waals surface area (Å²) in [6.07, 6.45) is 3.70. The van der Waals surface area contributed by atoms with Gasteiger partial charge in [0.2, 0.25) is 0 Å². The van der Waals surface area contributed by atoms with Gasteiger partial charge in [-0.15, -0.1) is 0 Å². The molecule has 0 bridgehead atoms. The Bertz CT molecular complexity index is 398. The lowest BCUT2D eigenvalue weighted by atomic mass is 9.98. The molecule has 1 aliphatic heterocycles. The summed E-state index contributed by atoms with van der Waals surface area (Å²) in [5, 5.41) is 3.51. The van der Waals surface area contributed by atoms with E-state index in [0.717, 1.165) is 12.5 Å². The average molecular weight is 246 g/mol. The predicted octanol–water partition coefficient (Wildman–Crippen LogP) is 3.92. The maximum atomic E-state index is 3.51. The first-order chi connectivity index (χ1) is 8.59. The van der Waals surface area contributed by atoms with Crippen LogP contribution in [0.3, 0.4) is 0 Å². The van der Waals surface area contributed by atoms with Gasteiger partial charge in [-0.25, -0.2) is 0 Å². The smallest absolute Gasteiger partial charge is 0.0419 e. The quantitative estimate of drug-likeness (QED) is 0.866. The summed E-state index contributed by atoms with van der Waals surface area (Å²) in [5.41, 5.74) is 4.25. The molecule has 0 aliphatic carbocycles. The van der Waals surface area contributed by atoms with Crippen LogP contribution in [0.5, 0.6) is 0 Å². The number of hydrogen-bond acceptors (Lipinski definition) is 2. The van der Waals surface area contributed by atoms with Crippen molar-refractivity contribution in [2.45, 2.75) is 46.1 Å². The van der Waals surface area contributed by atoms with Crippen molar-refractivity contribution in [2.24, 2.45) is 5.92 Å². The Morgan fingerprint density at radius 3 is 2.78 bits per heavy atom. The second-order valence-electron chi connectivity index (χ2n) is 5.92. The van der Waals surface area contributed by atoms with Crippen molar-refractivity contribution in [3.05, 3.63) is 23.8 Å². The summed E-state index contributed by atoms with van der Waals surface area (Å²) in [6.45, 7) is 8.04. The molecule has 1 unspecified atom stereocenters. The standard InChI is InChI=1S/C16H26N2/c1-12(2)11-13(3)18(4)16-9-5-8-15-14(16)7-6-10-17-15/h5,8-9,12-13,17H,6-7,10-11H2,1-4H3. The van der Waals surface area contributed by atoms with E-state index in [4.69, 9.17) is 0 Å². The Labute approximate surface area is 111 Å². The van der Waals surface area contributed by atoms with E-state index in [9.17, 15) is 0 Å². The Kier molecular flexibility index (Phi) is 4.15. The van der Waals surface area contributed by atoms with Gasteiger partial charge in [0.05, 0.1) is 0 Å². The molecule has 0 aromatic heterocycles. The van der Waals surface area contributed by atoms with E-state index in [0.29, 0.717) is 6.04 Å². The average Bonchev–Trinajstić information content (AvgIpc) is 2.36. The van der Waals surface area contributed by atoms with Crippen molar-refractivity contribution < 1.29 is 0 Å². The Balaban J connectivity index is 2.22. The van der Waals surface area contributed by atoms with Crippen LogP contribution in [0.1, 0.15) is 39.2 Å². The molecule has 100 valence electrons. The van der Waals surface area contributed by atoms with E-state index in [1.54, 1.807) is 0 Å². The lowest BCUT2D eigenvalue weighted by Gasteiger charge is -2.32. The van der Waals surface area contributed by atoms with Crippen LogP contribution in [0.15, 0.2) is 18.2 Å². The highest BCUT2D eigenvalue weighted by Crippen LogP contribution is 2.32. The second kappa shape index (κ2) is 5.64. The molecule has 1 aromatic rings. The minimum atomic E-state index is 0.596. The molecule has 0 saturated heterocycles. The molecule has 1 aliphatic rings. The normalized spacial score (nSPS) is 16.1. The zero-order chi connectivity index (χ0) is 13.1. The van der Waals surface area contributed by atoms with Gasteiger partial charge in [-0.2, -0.15) is 0 Å². The number of nitrogens with one attached hydrogen (secondary N) is 1. The van der Waals surface area contributed by atoms with Crippen LogP contribution in [-0.2, 0) is 6.42 Å². The van der Waals surface area contributed by atoms with E-state index in [1.807, 2.05) is 0 Å². The fourth-order valence-corrected chi connectivity index (χ4v) is 2.90. The maximum absolute atomic E-state index is 3.51. The molecule has 0 spiro atoms. The van der Waals surface area contributed by atoms with Crippen molar-refractivity contribution in [1.82, 2.24) is 0 Å². The highest BCUT2D eigenvalue weighted by molar-refractivity contribution is 5.67. The van der Waals surface area contributed by atoms with Gasteiger partial charge in [-0.1, -0.05) is 19.9 Å². The lowest BCUT2D eigenvalue weighted by Crippen LogP contribution is -2.31. The summed E-state index contributed by atoms with van der Waals surface area (Å²) in [5.74, 6) is 0.750. The predicted molar refractivity (Wildman–Crippen MR) is 80.6 cm³/mol. The van der Waals surface area contributed by atoms with Crippen LogP contribution < -0.4 is 10.2 Å². The van der Waals surface area contributed by atoms with E-state index in [2.05, 4.69) is 56.2 Å². The molecular formula is C16H26N2. The molecule has 1 atom stereocenters. The summed E-state index contributed by atoms with van der Waals surface area (Å²) in [6, 6.07) is 7.24. The summed E-state index contributed by atoms with van der Waals surface area (Å²) in [7, 11) is 2.23. The molecule has 1 aromatic carbocycles. The lowest BCUT2D eigenvalue weighted by molar-refractivity contribution is 0.503. The number of benzene rings is 1. The first-order valence-electron chi connectivity index (χ1n) is 7.18. The molecule has 1 heterocycles. The van der Waals surface area contributed by atoms with Crippen LogP contribution in [0.2, 0.25) is 0 Å². The maximum Gasteiger partial charge on any atom is 0.0419 e. The van der Waals surface area contributed by atoms with Crippen molar-refractivity contribution in [3.63, 3.8) is 0 Å². The zero-order valence-corrected chi connectivity index (χ0v) is 12.2. The monoisotopic (exact) mass is 246 g/mol. The molecule has 0 saturated carbocycles. The molecule has 0 radical (unpaired) electrons. The fraction of sp³-hybridized carbons (Fsp3) is 0.625. The second-order valence-corrected chi connectivity index (χ2v) is 5.92. The van der Waals surface area contributed by atoms with Crippen LogP contribution >= 0.6 is 0 Å². The topological polar surface area (TPSA) is 15.3 Å². The van der Waals surface area contributed by atoms with Gasteiger partial charge in [-0.05, 0) is 49.8 Å². The molecule has 0 amide bonds. The third-order valence-corrected chi connectivity index (χ3v) is 3.92. The number of hydrogen-bond donors (Lipinski definition) is 1. The Hall–Kier alpha value is -1.18. The van der Waals surface area contributed by atoms with Gasteiger partial charge in [0.15, 0.2) is 0 Å². The summed E-state index contributed by atoms with van der Waals surface area (Å²) < 4.78 is 0. The van der Waals surface area contributed by atoms with Gasteiger partial charge >= 0.3 is 0 Å². The third-order valence-electron chi connectivity index (χ3n) is 3.92. The molecule has 2 heteroatoms. The van der Waals surface area contributed by atoms with Gasteiger partial charge in [-0.3, -0.25) is 0 Å². The highest BCUT2D eigenvalue weighted by atomic mass is 15.1.